The summed E-state index contributed by atoms with van der Waals surface area (Å²) < 4.78 is 11.3. The molecule has 5 heteroatoms. The molecule has 1 fully saturated rings. The number of anilines is 1. The maximum Gasteiger partial charge on any atom is 0.279 e. The second-order valence-corrected chi connectivity index (χ2v) is 5.85. The zero-order chi connectivity index (χ0) is 16.6. The molecule has 2 aromatic carbocycles. The lowest BCUT2D eigenvalue weighted by atomic mass is 10.2. The second-order valence-electron chi connectivity index (χ2n) is 5.85. The molecule has 3 rings (SSSR count). The Morgan fingerprint density at radius 3 is 2.79 bits per heavy atom. The fourth-order valence-corrected chi connectivity index (χ4v) is 2.70. The molecule has 3 N–H and O–H groups in total. The molecule has 2 aromatic rings. The number of rotatable bonds is 7. The fraction of sp³-hybridized carbons (Fsp3) is 0.316. The average molecular weight is 327 g/mol. The molecular weight excluding hydrogens is 304 g/mol. The van der Waals surface area contributed by atoms with Crippen molar-refractivity contribution in [2.45, 2.75) is 18.9 Å². The van der Waals surface area contributed by atoms with Gasteiger partial charge in [0.15, 0.2) is 6.54 Å². The molecule has 1 heterocycles. The number of carbonyl (C=O) groups is 1. The van der Waals surface area contributed by atoms with Crippen molar-refractivity contribution in [2.75, 3.05) is 25.0 Å². The summed E-state index contributed by atoms with van der Waals surface area (Å²) in [6.07, 6.45) is 2.51. The maximum absolute atomic E-state index is 12.0. The first-order chi connectivity index (χ1) is 11.8. The van der Waals surface area contributed by atoms with Gasteiger partial charge in [-0.25, -0.2) is 0 Å². The highest BCUT2D eigenvalue weighted by Crippen LogP contribution is 2.23. The van der Waals surface area contributed by atoms with Crippen molar-refractivity contribution in [2.24, 2.45) is 0 Å². The Morgan fingerprint density at radius 1 is 1.17 bits per heavy atom. The van der Waals surface area contributed by atoms with E-state index in [1.54, 1.807) is 0 Å². The number of hydrogen-bond donors (Lipinski definition) is 2. The quantitative estimate of drug-likeness (QED) is 0.819. The van der Waals surface area contributed by atoms with Gasteiger partial charge in [-0.3, -0.25) is 4.79 Å². The molecule has 0 unspecified atom stereocenters. The van der Waals surface area contributed by atoms with E-state index in [9.17, 15) is 4.79 Å². The second kappa shape index (κ2) is 8.47. The van der Waals surface area contributed by atoms with E-state index < -0.39 is 0 Å². The minimum atomic E-state index is -0.0233. The van der Waals surface area contributed by atoms with Gasteiger partial charge >= 0.3 is 0 Å². The highest BCUT2D eigenvalue weighted by Gasteiger charge is 2.17. The van der Waals surface area contributed by atoms with Crippen molar-refractivity contribution in [1.29, 1.82) is 0 Å². The third-order valence-electron chi connectivity index (χ3n) is 3.88. The van der Waals surface area contributed by atoms with Crippen molar-refractivity contribution in [3.8, 4) is 11.5 Å². The molecule has 126 valence electrons. The topological polar surface area (TPSA) is 64.2 Å². The molecule has 1 aliphatic rings. The number of amides is 1. The van der Waals surface area contributed by atoms with Gasteiger partial charge in [0, 0.05) is 18.4 Å². The number of nitrogens with two attached hydrogens (primary N) is 1. The number of hydrogen-bond acceptors (Lipinski definition) is 3. The summed E-state index contributed by atoms with van der Waals surface area (Å²) in [5.41, 5.74) is 0.735. The standard InChI is InChI=1S/C19H22N2O3/c22-19(14-20-13-18-10-5-11-23-18)21-15-6-4-9-17(12-15)24-16-7-2-1-3-8-16/h1-4,6-9,12,18,20H,5,10-11,13-14H2,(H,21,22)/p+1/t18-/m0/s1. The number of benzene rings is 2. The predicted molar refractivity (Wildman–Crippen MR) is 92.2 cm³/mol. The van der Waals surface area contributed by atoms with Gasteiger partial charge < -0.3 is 20.1 Å². The largest absolute Gasteiger partial charge is 0.457 e. The van der Waals surface area contributed by atoms with Crippen LogP contribution in [0.5, 0.6) is 11.5 Å². The molecule has 0 saturated carbocycles. The van der Waals surface area contributed by atoms with E-state index in [0.29, 0.717) is 18.4 Å². The lowest BCUT2D eigenvalue weighted by molar-refractivity contribution is -0.649. The first kappa shape index (κ1) is 16.5. The molecule has 24 heavy (non-hydrogen) atoms. The van der Waals surface area contributed by atoms with Crippen LogP contribution in [0.1, 0.15) is 12.8 Å². The summed E-state index contributed by atoms with van der Waals surface area (Å²) in [7, 11) is 0. The zero-order valence-corrected chi connectivity index (χ0v) is 13.6. The van der Waals surface area contributed by atoms with Crippen molar-refractivity contribution in [3.05, 3.63) is 54.6 Å². The number of ether oxygens (including phenoxy) is 2. The Kier molecular flexibility index (Phi) is 5.82. The SMILES string of the molecule is O=C(C[NH2+]C[C@@H]1CCCO1)Nc1cccc(Oc2ccccc2)c1. The van der Waals surface area contributed by atoms with Crippen LogP contribution in [0.15, 0.2) is 54.6 Å². The average Bonchev–Trinajstić information content (AvgIpc) is 3.09. The molecule has 1 saturated heterocycles. The maximum atomic E-state index is 12.0. The van der Waals surface area contributed by atoms with E-state index in [4.69, 9.17) is 9.47 Å². The first-order valence-corrected chi connectivity index (χ1v) is 8.36. The molecular formula is C19H23N2O3+. The molecule has 0 bridgehead atoms. The summed E-state index contributed by atoms with van der Waals surface area (Å²) in [4.78, 5) is 12.0. The van der Waals surface area contributed by atoms with Crippen LogP contribution < -0.4 is 15.4 Å². The van der Waals surface area contributed by atoms with Gasteiger partial charge in [0.1, 0.15) is 24.1 Å². The first-order valence-electron chi connectivity index (χ1n) is 8.36. The van der Waals surface area contributed by atoms with Gasteiger partial charge in [-0.2, -0.15) is 0 Å². The van der Waals surface area contributed by atoms with Gasteiger partial charge in [-0.15, -0.1) is 0 Å². The smallest absolute Gasteiger partial charge is 0.279 e. The van der Waals surface area contributed by atoms with E-state index in [1.165, 1.54) is 0 Å². The minimum Gasteiger partial charge on any atom is -0.457 e. The van der Waals surface area contributed by atoms with Crippen LogP contribution >= 0.6 is 0 Å². The Labute approximate surface area is 142 Å². The van der Waals surface area contributed by atoms with Crippen molar-refractivity contribution in [3.63, 3.8) is 0 Å². The number of nitrogens with one attached hydrogen (secondary N) is 1. The molecule has 1 atom stereocenters. The van der Waals surface area contributed by atoms with E-state index in [2.05, 4.69) is 5.32 Å². The van der Waals surface area contributed by atoms with Gasteiger partial charge in [-0.1, -0.05) is 24.3 Å². The molecule has 5 nitrogen and oxygen atoms in total. The molecule has 1 aliphatic heterocycles. The van der Waals surface area contributed by atoms with Crippen LogP contribution in [0, 0.1) is 0 Å². The van der Waals surface area contributed by atoms with Crippen LogP contribution in [0.4, 0.5) is 5.69 Å². The summed E-state index contributed by atoms with van der Waals surface area (Å²) in [6.45, 7) is 2.08. The monoisotopic (exact) mass is 327 g/mol. The molecule has 0 spiro atoms. The Balaban J connectivity index is 1.47. The van der Waals surface area contributed by atoms with Crippen molar-refractivity contribution >= 4 is 11.6 Å². The third kappa shape index (κ3) is 5.08. The van der Waals surface area contributed by atoms with E-state index in [1.807, 2.05) is 59.9 Å². The molecule has 1 amide bonds. The summed E-state index contributed by atoms with van der Waals surface area (Å²) in [5.74, 6) is 1.44. The Bertz CT molecular complexity index is 655. The summed E-state index contributed by atoms with van der Waals surface area (Å²) in [5, 5.41) is 4.90. The lowest BCUT2D eigenvalue weighted by Gasteiger charge is -2.10. The van der Waals surface area contributed by atoms with Crippen LogP contribution in [0.2, 0.25) is 0 Å². The zero-order valence-electron chi connectivity index (χ0n) is 13.6. The van der Waals surface area contributed by atoms with Crippen LogP contribution in [0.25, 0.3) is 0 Å². The van der Waals surface area contributed by atoms with Crippen LogP contribution in [0.3, 0.4) is 0 Å². The van der Waals surface area contributed by atoms with Crippen molar-refractivity contribution < 1.29 is 19.6 Å². The Morgan fingerprint density at radius 2 is 2.00 bits per heavy atom. The number of para-hydroxylation sites is 1. The van der Waals surface area contributed by atoms with Gasteiger partial charge in [0.2, 0.25) is 0 Å². The molecule has 0 aliphatic carbocycles. The third-order valence-corrected chi connectivity index (χ3v) is 3.88. The summed E-state index contributed by atoms with van der Waals surface area (Å²) in [6, 6.07) is 17.0. The minimum absolute atomic E-state index is 0.0233. The van der Waals surface area contributed by atoms with Crippen LogP contribution in [-0.2, 0) is 9.53 Å². The molecule has 0 radical (unpaired) electrons. The van der Waals surface area contributed by atoms with Crippen molar-refractivity contribution in [1.82, 2.24) is 0 Å². The molecule has 0 aromatic heterocycles. The highest BCUT2D eigenvalue weighted by atomic mass is 16.5. The van der Waals surface area contributed by atoms with Gasteiger partial charge in [-0.05, 0) is 37.1 Å². The van der Waals surface area contributed by atoms with E-state index in [-0.39, 0.29) is 5.91 Å². The number of carbonyl (C=O) groups excluding carboxylic acids is 1. The fourth-order valence-electron chi connectivity index (χ4n) is 2.70. The van der Waals surface area contributed by atoms with E-state index >= 15 is 0 Å². The van der Waals surface area contributed by atoms with Gasteiger partial charge in [0.25, 0.3) is 5.91 Å². The predicted octanol–water partition coefficient (Wildman–Crippen LogP) is 2.16. The van der Waals surface area contributed by atoms with Crippen LogP contribution in [-0.4, -0.2) is 31.7 Å². The normalized spacial score (nSPS) is 16.8. The Hall–Kier alpha value is -2.37. The van der Waals surface area contributed by atoms with E-state index in [0.717, 1.165) is 37.4 Å². The summed E-state index contributed by atoms with van der Waals surface area (Å²) >= 11 is 0. The number of quaternary nitrogens is 1. The lowest BCUT2D eigenvalue weighted by Crippen LogP contribution is -2.88. The van der Waals surface area contributed by atoms with Gasteiger partial charge in [0.05, 0.1) is 0 Å². The highest BCUT2D eigenvalue weighted by molar-refractivity contribution is 5.91.